The molecule has 142 valence electrons. The number of thioether (sulfide) groups is 1. The fourth-order valence-corrected chi connectivity index (χ4v) is 5.14. The van der Waals surface area contributed by atoms with Crippen molar-refractivity contribution in [3.05, 3.63) is 41.7 Å². The predicted octanol–water partition coefficient (Wildman–Crippen LogP) is 4.34. The Morgan fingerprint density at radius 1 is 1.00 bits per heavy atom. The van der Waals surface area contributed by atoms with Crippen molar-refractivity contribution in [2.75, 3.05) is 13.1 Å². The molecule has 2 heterocycles. The number of piperidine rings is 1. The maximum Gasteiger partial charge on any atom is 0.240 e. The predicted molar refractivity (Wildman–Crippen MR) is 106 cm³/mol. The Hall–Kier alpha value is -1.82. The Balaban J connectivity index is 1.45. The molecule has 0 N–H and O–H groups in total. The first-order valence-corrected chi connectivity index (χ1v) is 11.1. The number of amides is 1. The van der Waals surface area contributed by atoms with E-state index < -0.39 is 0 Å². The molecule has 2 aromatic rings. The minimum atomic E-state index is -0.238. The molecule has 2 saturated carbocycles. The van der Waals surface area contributed by atoms with Gasteiger partial charge in [0.25, 0.3) is 0 Å². The summed E-state index contributed by atoms with van der Waals surface area (Å²) < 4.78 is 2.35. The summed E-state index contributed by atoms with van der Waals surface area (Å²) in [6.07, 6.45) is 8.33. The second-order valence-electron chi connectivity index (χ2n) is 8.01. The smallest absolute Gasteiger partial charge is 0.240 e. The van der Waals surface area contributed by atoms with E-state index >= 15 is 0 Å². The highest BCUT2D eigenvalue weighted by Crippen LogP contribution is 2.48. The molecule has 3 aliphatic rings. The average molecular weight is 383 g/mol. The molecular weight excluding hydrogens is 356 g/mol. The number of aromatic nitrogens is 3. The zero-order chi connectivity index (χ0) is 18.2. The lowest BCUT2D eigenvalue weighted by atomic mass is 10.1. The van der Waals surface area contributed by atoms with Crippen molar-refractivity contribution in [1.29, 1.82) is 0 Å². The van der Waals surface area contributed by atoms with Gasteiger partial charge in [0, 0.05) is 25.0 Å². The number of carbonyl (C=O) groups is 1. The molecule has 1 saturated heterocycles. The van der Waals surface area contributed by atoms with Crippen LogP contribution in [-0.2, 0) is 4.79 Å². The van der Waals surface area contributed by atoms with Gasteiger partial charge in [0.1, 0.15) is 11.1 Å². The van der Waals surface area contributed by atoms with Gasteiger partial charge in [0.2, 0.25) is 5.91 Å². The lowest BCUT2D eigenvalue weighted by Crippen LogP contribution is -2.38. The molecule has 1 atom stereocenters. The molecule has 1 amide bonds. The molecule has 1 aliphatic heterocycles. The summed E-state index contributed by atoms with van der Waals surface area (Å²) in [4.78, 5) is 15.4. The van der Waals surface area contributed by atoms with E-state index in [2.05, 4.69) is 26.9 Å². The van der Waals surface area contributed by atoms with E-state index in [0.29, 0.717) is 12.0 Å². The Morgan fingerprint density at radius 2 is 1.74 bits per heavy atom. The van der Waals surface area contributed by atoms with Crippen LogP contribution in [0.25, 0.3) is 0 Å². The van der Waals surface area contributed by atoms with Crippen molar-refractivity contribution < 1.29 is 4.79 Å². The lowest BCUT2D eigenvalue weighted by Gasteiger charge is -2.30. The van der Waals surface area contributed by atoms with Gasteiger partial charge in [-0.2, -0.15) is 0 Å². The summed E-state index contributed by atoms with van der Waals surface area (Å²) >= 11 is 1.60. The molecule has 0 bridgehead atoms. The minimum absolute atomic E-state index is 0.226. The first kappa shape index (κ1) is 17.3. The molecule has 5 rings (SSSR count). The number of hydrogen-bond acceptors (Lipinski definition) is 4. The van der Waals surface area contributed by atoms with Crippen molar-refractivity contribution in [3.63, 3.8) is 0 Å². The summed E-state index contributed by atoms with van der Waals surface area (Å²) in [5.41, 5.74) is 1.07. The topological polar surface area (TPSA) is 51.0 Å². The zero-order valence-electron chi connectivity index (χ0n) is 15.6. The second-order valence-corrected chi connectivity index (χ2v) is 9.08. The van der Waals surface area contributed by atoms with Gasteiger partial charge in [-0.3, -0.25) is 4.79 Å². The maximum absolute atomic E-state index is 13.4. The summed E-state index contributed by atoms with van der Waals surface area (Å²) in [6.45, 7) is 1.76. The third kappa shape index (κ3) is 3.64. The van der Waals surface area contributed by atoms with Crippen LogP contribution in [0.15, 0.2) is 35.5 Å². The van der Waals surface area contributed by atoms with E-state index in [4.69, 9.17) is 0 Å². The maximum atomic E-state index is 13.4. The van der Waals surface area contributed by atoms with Crippen LogP contribution in [0, 0.1) is 0 Å². The average Bonchev–Trinajstić information content (AvgIpc) is 3.66. The van der Waals surface area contributed by atoms with Gasteiger partial charge in [-0.15, -0.1) is 10.2 Å². The van der Waals surface area contributed by atoms with Crippen LogP contribution in [0.1, 0.15) is 73.5 Å². The first-order valence-electron chi connectivity index (χ1n) is 10.3. The van der Waals surface area contributed by atoms with Crippen LogP contribution in [0.2, 0.25) is 0 Å². The van der Waals surface area contributed by atoms with Crippen molar-refractivity contribution >= 4 is 17.7 Å². The molecule has 3 fully saturated rings. The fraction of sp³-hybridized carbons (Fsp3) is 0.571. The molecular formula is C21H26N4OS. The van der Waals surface area contributed by atoms with Gasteiger partial charge in [0.15, 0.2) is 5.16 Å². The van der Waals surface area contributed by atoms with Crippen LogP contribution in [-0.4, -0.2) is 38.7 Å². The molecule has 5 nitrogen and oxygen atoms in total. The van der Waals surface area contributed by atoms with Gasteiger partial charge >= 0.3 is 0 Å². The molecule has 1 aromatic carbocycles. The second kappa shape index (κ2) is 7.30. The summed E-state index contributed by atoms with van der Waals surface area (Å²) in [5.74, 6) is 1.96. The Morgan fingerprint density at radius 3 is 2.41 bits per heavy atom. The highest BCUT2D eigenvalue weighted by molar-refractivity contribution is 8.00. The molecule has 27 heavy (non-hydrogen) atoms. The Labute approximate surface area is 164 Å². The quantitative estimate of drug-likeness (QED) is 0.698. The van der Waals surface area contributed by atoms with Crippen LogP contribution >= 0.6 is 11.8 Å². The van der Waals surface area contributed by atoms with Crippen molar-refractivity contribution in [3.8, 4) is 0 Å². The summed E-state index contributed by atoms with van der Waals surface area (Å²) in [7, 11) is 0. The van der Waals surface area contributed by atoms with E-state index in [0.717, 1.165) is 42.5 Å². The third-order valence-electron chi connectivity index (χ3n) is 5.76. The van der Waals surface area contributed by atoms with E-state index in [9.17, 15) is 4.79 Å². The standard InChI is InChI=1S/C21H26N4OS/c26-20(24-13-5-2-6-14-24)18(15-7-3-1-4-8-15)27-21-23-22-19(16-9-10-16)25(21)17-11-12-17/h1,3-4,7-8,16-18H,2,5-6,9-14H2/t18-/m0/s1. The van der Waals surface area contributed by atoms with Gasteiger partial charge in [-0.25, -0.2) is 0 Å². The first-order chi connectivity index (χ1) is 13.3. The summed E-state index contributed by atoms with van der Waals surface area (Å²) in [5, 5.41) is 9.75. The van der Waals surface area contributed by atoms with Gasteiger partial charge in [0.05, 0.1) is 0 Å². The van der Waals surface area contributed by atoms with Gasteiger partial charge in [-0.05, 0) is 50.5 Å². The Kier molecular flexibility index (Phi) is 4.68. The number of hydrogen-bond donors (Lipinski definition) is 0. The van der Waals surface area contributed by atoms with Crippen LogP contribution < -0.4 is 0 Å². The van der Waals surface area contributed by atoms with Crippen LogP contribution in [0.5, 0.6) is 0 Å². The normalized spacial score (nSPS) is 21.3. The van der Waals surface area contributed by atoms with Crippen molar-refractivity contribution in [2.24, 2.45) is 0 Å². The molecule has 6 heteroatoms. The number of carbonyl (C=O) groups excluding carboxylic acids is 1. The van der Waals surface area contributed by atoms with E-state index in [1.165, 1.54) is 32.1 Å². The molecule has 0 radical (unpaired) electrons. The molecule has 2 aliphatic carbocycles. The molecule has 0 spiro atoms. The highest BCUT2D eigenvalue weighted by Gasteiger charge is 2.38. The summed E-state index contributed by atoms with van der Waals surface area (Å²) in [6, 6.07) is 10.7. The van der Waals surface area contributed by atoms with E-state index in [1.54, 1.807) is 11.8 Å². The minimum Gasteiger partial charge on any atom is -0.341 e. The highest BCUT2D eigenvalue weighted by atomic mass is 32.2. The largest absolute Gasteiger partial charge is 0.341 e. The van der Waals surface area contributed by atoms with Gasteiger partial charge < -0.3 is 9.47 Å². The van der Waals surface area contributed by atoms with Crippen molar-refractivity contribution in [1.82, 2.24) is 19.7 Å². The van der Waals surface area contributed by atoms with Crippen LogP contribution in [0.4, 0.5) is 0 Å². The van der Waals surface area contributed by atoms with Crippen molar-refractivity contribution in [2.45, 2.75) is 67.3 Å². The lowest BCUT2D eigenvalue weighted by molar-refractivity contribution is -0.131. The van der Waals surface area contributed by atoms with E-state index in [-0.39, 0.29) is 11.2 Å². The monoisotopic (exact) mass is 382 g/mol. The number of rotatable bonds is 6. The third-order valence-corrected chi connectivity index (χ3v) is 6.96. The zero-order valence-corrected chi connectivity index (χ0v) is 16.4. The fourth-order valence-electron chi connectivity index (χ4n) is 3.94. The SMILES string of the molecule is O=C([C@@H](Sc1nnc(C2CC2)n1C1CC1)c1ccccc1)N1CCCCC1. The number of benzene rings is 1. The number of nitrogens with zero attached hydrogens (tertiary/aromatic N) is 4. The number of likely N-dealkylation sites (tertiary alicyclic amines) is 1. The molecule has 0 unspecified atom stereocenters. The van der Waals surface area contributed by atoms with Gasteiger partial charge in [-0.1, -0.05) is 42.1 Å². The molecule has 1 aromatic heterocycles. The van der Waals surface area contributed by atoms with Crippen LogP contribution in [0.3, 0.4) is 0 Å². The Bertz CT molecular complexity index is 807. The van der Waals surface area contributed by atoms with E-state index in [1.807, 2.05) is 23.1 Å².